The van der Waals surface area contributed by atoms with Gasteiger partial charge >= 0.3 is 0 Å². The maximum absolute atomic E-state index is 6.22. The quantitative estimate of drug-likeness (QED) is 0.380. The number of aromatic nitrogens is 1. The fourth-order valence-corrected chi connectivity index (χ4v) is 3.51. The Morgan fingerprint density at radius 2 is 1.93 bits per heavy atom. The average Bonchev–Trinajstić information content (AvgIpc) is 3.12. The van der Waals surface area contributed by atoms with Crippen molar-refractivity contribution in [3.8, 4) is 22.8 Å². The fraction of sp³-hybridized carbons (Fsp3) is 0.304. The summed E-state index contributed by atoms with van der Waals surface area (Å²) in [7, 11) is 0. The minimum Gasteiger partial charge on any atom is -0.456 e. The van der Waals surface area contributed by atoms with E-state index >= 15 is 0 Å². The molecule has 0 aliphatic heterocycles. The summed E-state index contributed by atoms with van der Waals surface area (Å²) in [5, 5.41) is 5.80. The average molecular weight is 409 g/mol. The van der Waals surface area contributed by atoms with Gasteiger partial charge < -0.3 is 15.8 Å². The van der Waals surface area contributed by atoms with Crippen molar-refractivity contribution in [2.75, 3.05) is 5.32 Å². The standard InChI is InChI=1S/C23H28N4OS/c1-6-23(4,5)27-21(24)26-22-25-18(14-29-22)17-9-7-8-10-20(17)28-19-12-11-15(2)13-16(19)3/h7-14H,6H2,1-5H3,(H3,24,25,26,27). The van der Waals surface area contributed by atoms with Gasteiger partial charge in [0.25, 0.3) is 0 Å². The molecule has 0 aliphatic rings. The zero-order valence-electron chi connectivity index (χ0n) is 17.6. The van der Waals surface area contributed by atoms with Crippen molar-refractivity contribution in [2.45, 2.75) is 46.6 Å². The predicted octanol–water partition coefficient (Wildman–Crippen LogP) is 6.13. The molecule has 0 saturated heterocycles. The summed E-state index contributed by atoms with van der Waals surface area (Å²) in [6.45, 7) is 10.3. The molecule has 0 amide bonds. The number of nitrogens with one attached hydrogen (secondary N) is 1. The third kappa shape index (κ3) is 5.35. The minimum atomic E-state index is -0.205. The molecular weight excluding hydrogens is 380 g/mol. The number of nitrogens with zero attached hydrogens (tertiary/aromatic N) is 2. The van der Waals surface area contributed by atoms with Gasteiger partial charge in [-0.15, -0.1) is 11.3 Å². The van der Waals surface area contributed by atoms with Gasteiger partial charge in [-0.1, -0.05) is 36.8 Å². The highest BCUT2D eigenvalue weighted by molar-refractivity contribution is 7.14. The lowest BCUT2D eigenvalue weighted by Crippen LogP contribution is -2.28. The molecule has 152 valence electrons. The number of hydrogen-bond donors (Lipinski definition) is 2. The molecule has 5 nitrogen and oxygen atoms in total. The van der Waals surface area contributed by atoms with Gasteiger partial charge in [0.05, 0.1) is 11.2 Å². The van der Waals surface area contributed by atoms with Crippen molar-refractivity contribution in [3.63, 3.8) is 0 Å². The van der Waals surface area contributed by atoms with Gasteiger partial charge in [-0.05, 0) is 57.9 Å². The molecule has 6 heteroatoms. The summed E-state index contributed by atoms with van der Waals surface area (Å²) in [5.41, 5.74) is 9.93. The largest absolute Gasteiger partial charge is 0.456 e. The molecule has 0 atom stereocenters. The molecule has 1 aromatic heterocycles. The number of thiazole rings is 1. The number of para-hydroxylation sites is 1. The fourth-order valence-electron chi connectivity index (χ4n) is 2.80. The number of nitrogens with two attached hydrogens (primary N) is 1. The van der Waals surface area contributed by atoms with Crippen molar-refractivity contribution in [3.05, 3.63) is 59.0 Å². The first-order valence-corrected chi connectivity index (χ1v) is 10.6. The predicted molar refractivity (Wildman–Crippen MR) is 123 cm³/mol. The van der Waals surface area contributed by atoms with Gasteiger partial charge in [0.15, 0.2) is 11.1 Å². The number of benzene rings is 2. The first-order chi connectivity index (χ1) is 13.8. The van der Waals surface area contributed by atoms with Crippen LogP contribution < -0.4 is 15.8 Å². The lowest BCUT2D eigenvalue weighted by Gasteiger charge is -2.17. The summed E-state index contributed by atoms with van der Waals surface area (Å²) < 4.78 is 6.22. The van der Waals surface area contributed by atoms with Crippen molar-refractivity contribution in [2.24, 2.45) is 10.7 Å². The zero-order chi connectivity index (χ0) is 21.0. The van der Waals surface area contributed by atoms with Crippen molar-refractivity contribution >= 4 is 22.4 Å². The molecule has 0 bridgehead atoms. The van der Waals surface area contributed by atoms with Gasteiger partial charge in [-0.2, -0.15) is 0 Å². The zero-order valence-corrected chi connectivity index (χ0v) is 18.4. The van der Waals surface area contributed by atoms with E-state index in [0.717, 1.165) is 34.7 Å². The Morgan fingerprint density at radius 1 is 1.17 bits per heavy atom. The minimum absolute atomic E-state index is 0.205. The maximum Gasteiger partial charge on any atom is 0.195 e. The van der Waals surface area contributed by atoms with Gasteiger partial charge in [0.2, 0.25) is 0 Å². The summed E-state index contributed by atoms with van der Waals surface area (Å²) in [5.74, 6) is 1.98. The number of guanidine groups is 1. The molecule has 3 N–H and O–H groups in total. The summed E-state index contributed by atoms with van der Waals surface area (Å²) in [6.07, 6.45) is 0.904. The van der Waals surface area contributed by atoms with Crippen LogP contribution in [0.1, 0.15) is 38.3 Å². The van der Waals surface area contributed by atoms with E-state index in [0.29, 0.717) is 11.1 Å². The smallest absolute Gasteiger partial charge is 0.195 e. The van der Waals surface area contributed by atoms with Crippen LogP contribution >= 0.6 is 11.3 Å². The molecule has 3 rings (SSSR count). The lowest BCUT2D eigenvalue weighted by molar-refractivity contribution is 0.480. The van der Waals surface area contributed by atoms with E-state index in [4.69, 9.17) is 10.5 Å². The van der Waals surface area contributed by atoms with E-state index in [-0.39, 0.29) is 5.54 Å². The molecule has 0 radical (unpaired) electrons. The number of aliphatic imine (C=N–C) groups is 1. The van der Waals surface area contributed by atoms with Crippen LogP contribution in [-0.2, 0) is 0 Å². The van der Waals surface area contributed by atoms with E-state index in [2.05, 4.69) is 62.0 Å². The molecule has 2 aromatic carbocycles. The highest BCUT2D eigenvalue weighted by Crippen LogP contribution is 2.35. The Labute approximate surface area is 176 Å². The molecular formula is C23H28N4OS. The van der Waals surface area contributed by atoms with Crippen LogP contribution in [0.5, 0.6) is 11.5 Å². The van der Waals surface area contributed by atoms with Crippen molar-refractivity contribution in [1.29, 1.82) is 0 Å². The first-order valence-electron chi connectivity index (χ1n) is 9.70. The van der Waals surface area contributed by atoms with Gasteiger partial charge in [0, 0.05) is 10.9 Å². The van der Waals surface area contributed by atoms with Crippen LogP contribution in [0.15, 0.2) is 52.8 Å². The number of rotatable bonds is 6. The Balaban J connectivity index is 1.84. The number of anilines is 1. The third-order valence-corrected chi connectivity index (χ3v) is 5.50. The monoisotopic (exact) mass is 408 g/mol. The second-order valence-corrected chi connectivity index (χ2v) is 8.55. The molecule has 29 heavy (non-hydrogen) atoms. The Hall–Kier alpha value is -2.86. The molecule has 0 spiro atoms. The first kappa shape index (κ1) is 20.9. The van der Waals surface area contributed by atoms with E-state index in [1.54, 1.807) is 0 Å². The molecule has 0 fully saturated rings. The van der Waals surface area contributed by atoms with Crippen LogP contribution in [0.25, 0.3) is 11.3 Å². The highest BCUT2D eigenvalue weighted by Gasteiger charge is 2.15. The SMILES string of the molecule is CCC(C)(C)N=C(N)Nc1nc(-c2ccccc2Oc2ccc(C)cc2C)cs1. The van der Waals surface area contributed by atoms with E-state index in [1.807, 2.05) is 35.7 Å². The summed E-state index contributed by atoms with van der Waals surface area (Å²) in [6, 6.07) is 14.1. The van der Waals surface area contributed by atoms with E-state index in [1.165, 1.54) is 16.9 Å². The van der Waals surface area contributed by atoms with Crippen LogP contribution in [0.2, 0.25) is 0 Å². The van der Waals surface area contributed by atoms with Crippen molar-refractivity contribution < 1.29 is 4.74 Å². The van der Waals surface area contributed by atoms with Crippen molar-refractivity contribution in [1.82, 2.24) is 4.98 Å². The summed E-state index contributed by atoms with van der Waals surface area (Å²) >= 11 is 1.49. The van der Waals surface area contributed by atoms with E-state index in [9.17, 15) is 0 Å². The number of aryl methyl sites for hydroxylation is 2. The Kier molecular flexibility index (Phi) is 6.23. The second-order valence-electron chi connectivity index (χ2n) is 7.69. The molecule has 0 unspecified atom stereocenters. The van der Waals surface area contributed by atoms with Crippen LogP contribution in [-0.4, -0.2) is 16.5 Å². The van der Waals surface area contributed by atoms with Crippen LogP contribution in [0.4, 0.5) is 5.13 Å². The molecule has 3 aromatic rings. The summed E-state index contributed by atoms with van der Waals surface area (Å²) in [4.78, 5) is 9.20. The molecule has 0 saturated carbocycles. The van der Waals surface area contributed by atoms with E-state index < -0.39 is 0 Å². The van der Waals surface area contributed by atoms with Crippen LogP contribution in [0, 0.1) is 13.8 Å². The Bertz CT molecular complexity index is 1020. The molecule has 0 aliphatic carbocycles. The van der Waals surface area contributed by atoms with Gasteiger partial charge in [0.1, 0.15) is 11.5 Å². The topological polar surface area (TPSA) is 72.5 Å². The highest BCUT2D eigenvalue weighted by atomic mass is 32.1. The number of ether oxygens (including phenoxy) is 1. The maximum atomic E-state index is 6.22. The van der Waals surface area contributed by atoms with Gasteiger partial charge in [-0.3, -0.25) is 0 Å². The van der Waals surface area contributed by atoms with Gasteiger partial charge in [-0.25, -0.2) is 9.98 Å². The Morgan fingerprint density at radius 3 is 2.66 bits per heavy atom. The molecule has 1 heterocycles. The third-order valence-electron chi connectivity index (χ3n) is 4.74. The second kappa shape index (κ2) is 8.66. The normalized spacial score (nSPS) is 12.1. The lowest BCUT2D eigenvalue weighted by atomic mass is 10.0. The van der Waals surface area contributed by atoms with Crippen LogP contribution in [0.3, 0.4) is 0 Å². The number of hydrogen-bond acceptors (Lipinski definition) is 4.